The summed E-state index contributed by atoms with van der Waals surface area (Å²) in [7, 11) is 3.07. The molecule has 2 aromatic rings. The van der Waals surface area contributed by atoms with Gasteiger partial charge >= 0.3 is 0 Å². The molecule has 110 valence electrons. The second kappa shape index (κ2) is 6.18. The largest absolute Gasteiger partial charge is 0.495 e. The van der Waals surface area contributed by atoms with E-state index in [2.05, 4.69) is 15.9 Å². The van der Waals surface area contributed by atoms with Crippen LogP contribution < -0.4 is 15.2 Å². The van der Waals surface area contributed by atoms with E-state index in [1.54, 1.807) is 31.4 Å². The van der Waals surface area contributed by atoms with E-state index in [1.807, 2.05) is 13.0 Å². The first-order valence-corrected chi connectivity index (χ1v) is 7.10. The molecule has 0 aliphatic carbocycles. The summed E-state index contributed by atoms with van der Waals surface area (Å²) < 4.78 is 11.2. The highest BCUT2D eigenvalue weighted by atomic mass is 79.9. The number of hydrogen-bond donors (Lipinski definition) is 1. The van der Waals surface area contributed by atoms with E-state index in [0.717, 1.165) is 5.56 Å². The number of aryl methyl sites for hydroxylation is 1. The molecule has 21 heavy (non-hydrogen) atoms. The number of carbonyl (C=O) groups is 1. The average molecular weight is 350 g/mol. The van der Waals surface area contributed by atoms with Crippen molar-refractivity contribution in [1.82, 2.24) is 0 Å². The summed E-state index contributed by atoms with van der Waals surface area (Å²) in [5.41, 5.74) is 8.21. The van der Waals surface area contributed by atoms with E-state index >= 15 is 0 Å². The number of nitrogen functional groups attached to an aromatic ring is 1. The van der Waals surface area contributed by atoms with Crippen LogP contribution in [0.4, 0.5) is 5.69 Å². The minimum atomic E-state index is -0.139. The molecule has 4 nitrogen and oxygen atoms in total. The molecule has 2 rings (SSSR count). The quantitative estimate of drug-likeness (QED) is 0.676. The van der Waals surface area contributed by atoms with Gasteiger partial charge in [-0.15, -0.1) is 0 Å². The molecule has 0 aromatic heterocycles. The summed E-state index contributed by atoms with van der Waals surface area (Å²) in [5.74, 6) is 0.911. The minimum Gasteiger partial charge on any atom is -0.495 e. The molecule has 0 spiro atoms. The maximum Gasteiger partial charge on any atom is 0.197 e. The maximum absolute atomic E-state index is 12.8. The predicted molar refractivity (Wildman–Crippen MR) is 86.3 cm³/mol. The van der Waals surface area contributed by atoms with Crippen molar-refractivity contribution < 1.29 is 14.3 Å². The third-order valence-electron chi connectivity index (χ3n) is 3.24. The van der Waals surface area contributed by atoms with Crippen molar-refractivity contribution in [3.05, 3.63) is 51.5 Å². The van der Waals surface area contributed by atoms with Crippen LogP contribution in [0.2, 0.25) is 0 Å². The Morgan fingerprint density at radius 2 is 1.81 bits per heavy atom. The topological polar surface area (TPSA) is 61.5 Å². The Morgan fingerprint density at radius 3 is 2.43 bits per heavy atom. The zero-order valence-corrected chi connectivity index (χ0v) is 13.7. The standard InChI is InChI=1S/C16H16BrNO3/c1-9-4-5-10(18)8-12(9)15(19)11-6-7-13(20-2)14(17)16(11)21-3/h4-8H,18H2,1-3H3. The lowest BCUT2D eigenvalue weighted by Gasteiger charge is -2.13. The second-order valence-electron chi connectivity index (χ2n) is 4.57. The summed E-state index contributed by atoms with van der Waals surface area (Å²) in [6.45, 7) is 1.87. The van der Waals surface area contributed by atoms with Gasteiger partial charge in [0, 0.05) is 11.3 Å². The van der Waals surface area contributed by atoms with Gasteiger partial charge < -0.3 is 15.2 Å². The molecule has 0 amide bonds. The SMILES string of the molecule is COc1ccc(C(=O)c2cc(N)ccc2C)c(OC)c1Br. The minimum absolute atomic E-state index is 0.139. The van der Waals surface area contributed by atoms with Gasteiger partial charge in [-0.05, 0) is 52.7 Å². The van der Waals surface area contributed by atoms with Crippen molar-refractivity contribution in [3.8, 4) is 11.5 Å². The van der Waals surface area contributed by atoms with Crippen LogP contribution in [0.1, 0.15) is 21.5 Å². The Hall–Kier alpha value is -2.01. The summed E-state index contributed by atoms with van der Waals surface area (Å²) in [5, 5.41) is 0. The number of rotatable bonds is 4. The first-order valence-electron chi connectivity index (χ1n) is 6.31. The Bertz CT molecular complexity index is 698. The monoisotopic (exact) mass is 349 g/mol. The third kappa shape index (κ3) is 2.88. The van der Waals surface area contributed by atoms with Crippen LogP contribution in [0.5, 0.6) is 11.5 Å². The molecule has 0 saturated carbocycles. The lowest BCUT2D eigenvalue weighted by molar-refractivity contribution is 0.103. The first-order chi connectivity index (χ1) is 9.99. The molecule has 0 fully saturated rings. The smallest absolute Gasteiger partial charge is 0.197 e. The summed E-state index contributed by atoms with van der Waals surface area (Å²) in [4.78, 5) is 12.8. The van der Waals surface area contributed by atoms with Gasteiger partial charge in [-0.3, -0.25) is 4.79 Å². The molecule has 2 N–H and O–H groups in total. The van der Waals surface area contributed by atoms with E-state index in [1.165, 1.54) is 7.11 Å². The number of hydrogen-bond acceptors (Lipinski definition) is 4. The zero-order chi connectivity index (χ0) is 15.6. The third-order valence-corrected chi connectivity index (χ3v) is 3.99. The molecular weight excluding hydrogens is 334 g/mol. The van der Waals surface area contributed by atoms with Gasteiger partial charge in [0.1, 0.15) is 16.0 Å². The van der Waals surface area contributed by atoms with Crippen LogP contribution in [-0.4, -0.2) is 20.0 Å². The Labute approximate surface area is 132 Å². The van der Waals surface area contributed by atoms with Gasteiger partial charge in [0.15, 0.2) is 5.78 Å². The first kappa shape index (κ1) is 15.4. The molecule has 0 aliphatic rings. The van der Waals surface area contributed by atoms with Gasteiger partial charge in [-0.2, -0.15) is 0 Å². The number of nitrogens with two attached hydrogens (primary N) is 1. The van der Waals surface area contributed by atoms with Crippen molar-refractivity contribution in [1.29, 1.82) is 0 Å². The lowest BCUT2D eigenvalue weighted by atomic mass is 9.98. The van der Waals surface area contributed by atoms with Gasteiger partial charge in [0.05, 0.1) is 19.8 Å². The van der Waals surface area contributed by atoms with Crippen LogP contribution >= 0.6 is 15.9 Å². The van der Waals surface area contributed by atoms with Crippen molar-refractivity contribution >= 4 is 27.4 Å². The van der Waals surface area contributed by atoms with Crippen LogP contribution in [0.3, 0.4) is 0 Å². The van der Waals surface area contributed by atoms with Gasteiger partial charge in [-0.1, -0.05) is 6.07 Å². The molecule has 0 unspecified atom stereocenters. The highest BCUT2D eigenvalue weighted by molar-refractivity contribution is 9.10. The number of benzene rings is 2. The highest BCUT2D eigenvalue weighted by Gasteiger charge is 2.20. The molecule has 0 bridgehead atoms. The van der Waals surface area contributed by atoms with Crippen LogP contribution in [0, 0.1) is 6.92 Å². The number of ether oxygens (including phenoxy) is 2. The normalized spacial score (nSPS) is 10.3. The van der Waals surface area contributed by atoms with Crippen molar-refractivity contribution in [2.45, 2.75) is 6.92 Å². The van der Waals surface area contributed by atoms with Crippen molar-refractivity contribution in [3.63, 3.8) is 0 Å². The molecule has 0 aliphatic heterocycles. The van der Waals surface area contributed by atoms with Crippen LogP contribution in [-0.2, 0) is 0 Å². The van der Waals surface area contributed by atoms with E-state index in [0.29, 0.717) is 32.8 Å². The maximum atomic E-state index is 12.8. The summed E-state index contributed by atoms with van der Waals surface area (Å²) in [6, 6.07) is 8.69. The van der Waals surface area contributed by atoms with Gasteiger partial charge in [-0.25, -0.2) is 0 Å². The molecule has 0 heterocycles. The number of carbonyl (C=O) groups excluding carboxylic acids is 1. The lowest BCUT2D eigenvalue weighted by Crippen LogP contribution is -2.07. The van der Waals surface area contributed by atoms with Gasteiger partial charge in [0.25, 0.3) is 0 Å². The number of methoxy groups -OCH3 is 2. The summed E-state index contributed by atoms with van der Waals surface area (Å²) in [6.07, 6.45) is 0. The second-order valence-corrected chi connectivity index (χ2v) is 5.36. The Kier molecular flexibility index (Phi) is 4.53. The fraction of sp³-hybridized carbons (Fsp3) is 0.188. The van der Waals surface area contributed by atoms with E-state index in [9.17, 15) is 4.79 Å². The summed E-state index contributed by atoms with van der Waals surface area (Å²) >= 11 is 3.40. The molecule has 2 aromatic carbocycles. The van der Waals surface area contributed by atoms with Crippen LogP contribution in [0.25, 0.3) is 0 Å². The fourth-order valence-corrected chi connectivity index (χ4v) is 2.77. The van der Waals surface area contributed by atoms with Crippen molar-refractivity contribution in [2.75, 3.05) is 20.0 Å². The Balaban J connectivity index is 2.58. The number of halogens is 1. The zero-order valence-electron chi connectivity index (χ0n) is 12.1. The molecular formula is C16H16BrNO3. The fourth-order valence-electron chi connectivity index (χ4n) is 2.10. The Morgan fingerprint density at radius 1 is 1.10 bits per heavy atom. The average Bonchev–Trinajstić information content (AvgIpc) is 2.48. The van der Waals surface area contributed by atoms with Gasteiger partial charge in [0.2, 0.25) is 0 Å². The molecule has 5 heteroatoms. The highest BCUT2D eigenvalue weighted by Crippen LogP contribution is 2.38. The molecule has 0 atom stereocenters. The van der Waals surface area contributed by atoms with Crippen molar-refractivity contribution in [2.24, 2.45) is 0 Å². The number of ketones is 1. The predicted octanol–water partition coefficient (Wildman–Crippen LogP) is 3.59. The van der Waals surface area contributed by atoms with E-state index < -0.39 is 0 Å². The van der Waals surface area contributed by atoms with Crippen LogP contribution in [0.15, 0.2) is 34.8 Å². The number of anilines is 1. The van der Waals surface area contributed by atoms with E-state index in [4.69, 9.17) is 15.2 Å². The van der Waals surface area contributed by atoms with E-state index in [-0.39, 0.29) is 5.78 Å². The molecule has 0 saturated heterocycles. The molecule has 0 radical (unpaired) electrons.